The smallest absolute Gasteiger partial charge is 0 e. The van der Waals surface area contributed by atoms with Crippen LogP contribution in [0, 0.1) is 37.6 Å². The molecule has 0 bridgehead atoms. The van der Waals surface area contributed by atoms with Gasteiger partial charge in [-0.2, -0.15) is 0 Å². The Bertz CT molecular complexity index is 1770. The number of hydrogen-bond acceptors (Lipinski definition) is 4. The van der Waals surface area contributed by atoms with Crippen LogP contribution in [0.15, 0.2) is 54.3 Å². The summed E-state index contributed by atoms with van der Waals surface area (Å²) in [4.78, 5) is 21.3. The Morgan fingerprint density at radius 3 is 2.11 bits per heavy atom. The average Bonchev–Trinajstić information content (AvgIpc) is 3.01. The fraction of sp³-hybridized carbons (Fsp3) is 0.462. The molecule has 4 rings (SSSR count). The van der Waals surface area contributed by atoms with Gasteiger partial charge in [-0.3, -0.25) is 4.79 Å². The minimum absolute atomic E-state index is 0. The maximum atomic E-state index is 12.2. The second-order valence-electron chi connectivity index (χ2n) is 13.7. The Morgan fingerprint density at radius 1 is 0.956 bits per heavy atom. The van der Waals surface area contributed by atoms with E-state index in [1.807, 2.05) is 67.5 Å². The molecule has 1 aromatic heterocycles. The van der Waals surface area contributed by atoms with Gasteiger partial charge in [-0.1, -0.05) is 41.5 Å². The number of nitrogens with zero attached hydrogens (tertiary/aromatic N) is 2. The first-order valence-electron chi connectivity index (χ1n) is 17.5. The SMILES string of the molecule is CCC(C)(CC)C(=O)/C=C(\O)C(C)(CC)CC.[2H]C([2H])([2H])c1nc(-c2[c-]c(C)cc(C)c2)c2ccc3ccc[c]([Ge]([CH3])([CH3])[CH3])c3c2n1.[Ir]. The van der Waals surface area contributed by atoms with Crippen molar-refractivity contribution < 1.29 is 34.1 Å². The van der Waals surface area contributed by atoms with Crippen LogP contribution < -0.4 is 4.40 Å². The van der Waals surface area contributed by atoms with Gasteiger partial charge in [0.05, 0.1) is 0 Å². The van der Waals surface area contributed by atoms with Gasteiger partial charge >= 0.3 is 168 Å². The maximum Gasteiger partial charge on any atom is 0 e. The van der Waals surface area contributed by atoms with Crippen molar-refractivity contribution in [2.24, 2.45) is 10.8 Å². The number of aliphatic hydroxyl groups excluding tert-OH is 1. The van der Waals surface area contributed by atoms with Gasteiger partial charge < -0.3 is 5.11 Å². The number of ketones is 1. The Morgan fingerprint density at radius 2 is 1.58 bits per heavy atom. The standard InChI is InChI=1S/C24H25GeN2.C15H28O2.Ir/c1-15-12-16(2)14-19(13-15)23-20-11-10-18-8-7-9-21(25(4,5)6)22(18)24(20)27-17(3)26-23;1-7-14(5,8-2)12(16)11-13(17)15(6,9-3)10-4;/h7-13H,1-6H3;11,16H,7-10H2,1-6H3;/q-1;;/b;12-11-;/i3D3;;. The molecule has 0 unspecified atom stereocenters. The summed E-state index contributed by atoms with van der Waals surface area (Å²) >= 11 is -2.26. The van der Waals surface area contributed by atoms with Gasteiger partial charge in [0.2, 0.25) is 0 Å². The van der Waals surface area contributed by atoms with Crippen molar-refractivity contribution in [3.63, 3.8) is 0 Å². The molecular formula is C39H53GeIrN2O2-. The summed E-state index contributed by atoms with van der Waals surface area (Å²) in [5.74, 6) is 7.21. The molecule has 0 aliphatic rings. The van der Waals surface area contributed by atoms with Gasteiger partial charge in [0.25, 0.3) is 0 Å². The van der Waals surface area contributed by atoms with E-state index in [9.17, 15) is 9.90 Å². The number of aromatic nitrogens is 2. The number of aryl methyl sites for hydroxylation is 3. The molecule has 4 nitrogen and oxygen atoms in total. The molecule has 0 amide bonds. The van der Waals surface area contributed by atoms with E-state index in [1.165, 1.54) is 10.5 Å². The molecule has 0 fully saturated rings. The van der Waals surface area contributed by atoms with Crippen LogP contribution in [0.4, 0.5) is 0 Å². The van der Waals surface area contributed by atoms with Crippen molar-refractivity contribution in [3.05, 3.63) is 77.3 Å². The molecule has 0 spiro atoms. The monoisotopic (exact) mass is 851 g/mol. The van der Waals surface area contributed by atoms with Crippen molar-refractivity contribution >= 4 is 45.1 Å². The zero-order chi connectivity index (χ0) is 35.5. The molecule has 0 saturated carbocycles. The average molecular weight is 850 g/mol. The minimum Gasteiger partial charge on any atom is 0 e. The van der Waals surface area contributed by atoms with Gasteiger partial charge in [-0.15, -0.1) is 0 Å². The van der Waals surface area contributed by atoms with Gasteiger partial charge in [0.15, 0.2) is 5.78 Å². The third-order valence-corrected chi connectivity index (χ3v) is 13.8. The first-order chi connectivity index (χ1) is 21.7. The van der Waals surface area contributed by atoms with Crippen LogP contribution in [0.2, 0.25) is 17.3 Å². The van der Waals surface area contributed by atoms with Gasteiger partial charge in [-0.25, -0.2) is 0 Å². The third-order valence-electron chi connectivity index (χ3n) is 9.52. The molecule has 1 radical (unpaired) electrons. The van der Waals surface area contributed by atoms with Crippen molar-refractivity contribution in [1.82, 2.24) is 9.97 Å². The summed E-state index contributed by atoms with van der Waals surface area (Å²) in [6, 6.07) is 17.9. The first-order valence-corrected chi connectivity index (χ1v) is 23.3. The van der Waals surface area contributed by atoms with Crippen LogP contribution in [0.1, 0.15) is 88.3 Å². The maximum absolute atomic E-state index is 12.2. The number of fused-ring (bicyclic) bond motifs is 3. The van der Waals surface area contributed by atoms with Crippen LogP contribution in [-0.4, -0.2) is 34.1 Å². The minimum atomic E-state index is -2.39. The zero-order valence-electron chi connectivity index (χ0n) is 32.0. The molecule has 6 heteroatoms. The fourth-order valence-corrected chi connectivity index (χ4v) is 8.88. The summed E-state index contributed by atoms with van der Waals surface area (Å²) in [7, 11) is 0. The van der Waals surface area contributed by atoms with Crippen molar-refractivity contribution in [1.29, 1.82) is 0 Å². The normalized spacial score (nSPS) is 13.8. The van der Waals surface area contributed by atoms with E-state index in [4.69, 9.17) is 4.11 Å². The second kappa shape index (κ2) is 15.5. The van der Waals surface area contributed by atoms with Gasteiger partial charge in [0, 0.05) is 37.0 Å². The third kappa shape index (κ3) is 8.73. The first kappa shape index (κ1) is 34.0. The van der Waals surface area contributed by atoms with E-state index in [1.54, 1.807) is 0 Å². The predicted octanol–water partition coefficient (Wildman–Crippen LogP) is 10.4. The van der Waals surface area contributed by atoms with Crippen molar-refractivity contribution in [2.45, 2.75) is 105 Å². The number of allylic oxidation sites excluding steroid dienone is 2. The fourth-order valence-electron chi connectivity index (χ4n) is 5.50. The quantitative estimate of drug-likeness (QED) is 0.0599. The van der Waals surface area contributed by atoms with Crippen LogP contribution >= 0.6 is 0 Å². The molecule has 3 aromatic carbocycles. The van der Waals surface area contributed by atoms with Crippen LogP contribution in [0.3, 0.4) is 0 Å². The molecule has 1 heterocycles. The zero-order valence-corrected chi connectivity index (χ0v) is 33.5. The predicted molar refractivity (Wildman–Crippen MR) is 192 cm³/mol. The molecule has 0 aliphatic carbocycles. The number of carbonyl (C=O) groups is 1. The largest absolute Gasteiger partial charge is 0 e. The molecule has 4 aromatic rings. The Kier molecular flexibility index (Phi) is 11.7. The topological polar surface area (TPSA) is 63.1 Å². The molecule has 0 aliphatic heterocycles. The summed E-state index contributed by atoms with van der Waals surface area (Å²) in [6.07, 6.45) is 4.75. The number of aliphatic hydroxyl groups is 1. The van der Waals surface area contributed by atoms with E-state index in [0.29, 0.717) is 5.69 Å². The van der Waals surface area contributed by atoms with Crippen LogP contribution in [0.25, 0.3) is 32.9 Å². The van der Waals surface area contributed by atoms with E-state index in [2.05, 4.69) is 63.6 Å². The summed E-state index contributed by atoms with van der Waals surface area (Å²) in [5.41, 5.74) is 3.66. The molecular weight excluding hydrogens is 793 g/mol. The van der Waals surface area contributed by atoms with Crippen molar-refractivity contribution in [2.75, 3.05) is 0 Å². The van der Waals surface area contributed by atoms with Gasteiger partial charge in [-0.05, 0) is 25.7 Å². The summed E-state index contributed by atoms with van der Waals surface area (Å²) in [6.45, 7) is 13.7. The number of benzene rings is 3. The van der Waals surface area contributed by atoms with E-state index < -0.39 is 20.1 Å². The molecule has 45 heavy (non-hydrogen) atoms. The number of hydrogen-bond donors (Lipinski definition) is 1. The molecule has 0 saturated heterocycles. The molecule has 1 N–H and O–H groups in total. The Balaban J connectivity index is 0.000000384. The number of rotatable bonds is 9. The van der Waals surface area contributed by atoms with E-state index >= 15 is 0 Å². The Hall–Kier alpha value is -2.34. The number of carbonyl (C=O) groups excluding carboxylic acids is 1. The molecule has 0 atom stereocenters. The van der Waals surface area contributed by atoms with Crippen LogP contribution in [-0.2, 0) is 24.9 Å². The second-order valence-corrected chi connectivity index (χ2v) is 24.3. The summed E-state index contributed by atoms with van der Waals surface area (Å²) < 4.78 is 25.3. The van der Waals surface area contributed by atoms with Crippen LogP contribution in [0.5, 0.6) is 0 Å². The van der Waals surface area contributed by atoms with Crippen molar-refractivity contribution in [3.8, 4) is 11.3 Å². The van der Waals surface area contributed by atoms with E-state index in [-0.39, 0.29) is 48.3 Å². The summed E-state index contributed by atoms with van der Waals surface area (Å²) in [5, 5.41) is 13.2. The molecule has 245 valence electrons. The van der Waals surface area contributed by atoms with E-state index in [0.717, 1.165) is 64.0 Å². The van der Waals surface area contributed by atoms with Gasteiger partial charge in [0.1, 0.15) is 5.76 Å². The Labute approximate surface area is 292 Å².